The molecule has 1 saturated heterocycles. The van der Waals surface area contributed by atoms with Gasteiger partial charge in [-0.3, -0.25) is 4.99 Å². The molecule has 0 radical (unpaired) electrons. The largest absolute Gasteiger partial charge is 0.514 e. The van der Waals surface area contributed by atoms with Crippen molar-refractivity contribution in [2.45, 2.75) is 58.8 Å². The van der Waals surface area contributed by atoms with Crippen LogP contribution in [-0.4, -0.2) is 30.0 Å². The molecule has 0 aliphatic carbocycles. The van der Waals surface area contributed by atoms with Gasteiger partial charge in [-0.2, -0.15) is 0 Å². The van der Waals surface area contributed by atoms with E-state index in [0.29, 0.717) is 0 Å². The minimum Gasteiger partial charge on any atom is -0.405 e. The molecule has 4 nitrogen and oxygen atoms in total. The smallest absolute Gasteiger partial charge is 0.405 e. The predicted octanol–water partition coefficient (Wildman–Crippen LogP) is 1.94. The summed E-state index contributed by atoms with van der Waals surface area (Å²) in [6.45, 7) is 12.1. The van der Waals surface area contributed by atoms with Gasteiger partial charge < -0.3 is 15.0 Å². The van der Waals surface area contributed by atoms with Gasteiger partial charge in [0.1, 0.15) is 0 Å². The fraction of sp³-hybridized carbons (Fsp3) is 0.750. The Labute approximate surface area is 104 Å². The summed E-state index contributed by atoms with van der Waals surface area (Å²) in [6, 6.07) is 0.181. The van der Waals surface area contributed by atoms with Gasteiger partial charge in [0, 0.05) is 6.04 Å². The van der Waals surface area contributed by atoms with Gasteiger partial charge in [0.2, 0.25) is 0 Å². The van der Waals surface area contributed by atoms with Crippen LogP contribution in [0.15, 0.2) is 17.3 Å². The van der Waals surface area contributed by atoms with Crippen molar-refractivity contribution >= 4 is 12.7 Å². The molecule has 0 amide bonds. The topological polar surface area (TPSA) is 56.8 Å². The van der Waals surface area contributed by atoms with Gasteiger partial charge in [0.05, 0.1) is 16.8 Å². The van der Waals surface area contributed by atoms with E-state index in [9.17, 15) is 0 Å². The number of allylic oxidation sites excluding steroid dienone is 1. The van der Waals surface area contributed by atoms with Crippen molar-refractivity contribution in [1.82, 2.24) is 0 Å². The molecule has 0 aromatic carbocycles. The molecule has 0 atom stereocenters. The van der Waals surface area contributed by atoms with Crippen molar-refractivity contribution in [2.75, 3.05) is 0 Å². The maximum Gasteiger partial charge on any atom is 0.514 e. The fourth-order valence-corrected chi connectivity index (χ4v) is 1.54. The van der Waals surface area contributed by atoms with Gasteiger partial charge in [0.25, 0.3) is 0 Å². The standard InChI is InChI=1S/C12H23BN2O2/c1-9(2)15-10(7-8-14)13-16-11(3,4)12(5,6)17-13/h7-9H,14H2,1-6H3/b8-7-,15-10?. The van der Waals surface area contributed by atoms with Crippen LogP contribution in [0.4, 0.5) is 0 Å². The lowest BCUT2D eigenvalue weighted by Gasteiger charge is -2.32. The van der Waals surface area contributed by atoms with Gasteiger partial charge in [-0.25, -0.2) is 0 Å². The molecule has 0 unspecified atom stereocenters. The molecule has 5 heteroatoms. The van der Waals surface area contributed by atoms with Crippen molar-refractivity contribution in [1.29, 1.82) is 0 Å². The van der Waals surface area contributed by atoms with E-state index >= 15 is 0 Å². The Morgan fingerprint density at radius 2 is 1.65 bits per heavy atom. The van der Waals surface area contributed by atoms with Gasteiger partial charge in [-0.1, -0.05) is 0 Å². The van der Waals surface area contributed by atoms with Gasteiger partial charge >= 0.3 is 7.12 Å². The molecule has 1 rings (SSSR count). The minimum absolute atomic E-state index is 0.181. The lowest BCUT2D eigenvalue weighted by Crippen LogP contribution is -2.41. The maximum atomic E-state index is 5.92. The van der Waals surface area contributed by atoms with Crippen molar-refractivity contribution in [2.24, 2.45) is 10.7 Å². The number of aliphatic imine (C=N–C) groups is 1. The zero-order chi connectivity index (χ0) is 13.3. The van der Waals surface area contributed by atoms with Crippen LogP contribution >= 0.6 is 0 Å². The minimum atomic E-state index is -0.442. The molecule has 1 aliphatic heterocycles. The molecule has 0 aromatic heterocycles. The second-order valence-corrected chi connectivity index (χ2v) is 5.60. The van der Waals surface area contributed by atoms with Gasteiger partial charge in [-0.05, 0) is 53.8 Å². The van der Waals surface area contributed by atoms with E-state index in [1.54, 1.807) is 6.08 Å². The third-order valence-corrected chi connectivity index (χ3v) is 3.17. The average Bonchev–Trinajstić information content (AvgIpc) is 2.34. The number of nitrogens with zero attached hydrogens (tertiary/aromatic N) is 1. The van der Waals surface area contributed by atoms with E-state index in [4.69, 9.17) is 15.0 Å². The molecule has 1 fully saturated rings. The van der Waals surface area contributed by atoms with Crippen molar-refractivity contribution < 1.29 is 9.31 Å². The lowest BCUT2D eigenvalue weighted by molar-refractivity contribution is 0.00578. The zero-order valence-corrected chi connectivity index (χ0v) is 11.7. The van der Waals surface area contributed by atoms with Crippen LogP contribution < -0.4 is 5.73 Å². The maximum absolute atomic E-state index is 5.92. The number of rotatable bonds is 3. The molecular weight excluding hydrogens is 215 g/mol. The summed E-state index contributed by atoms with van der Waals surface area (Å²) in [5, 5.41) is 0. The van der Waals surface area contributed by atoms with E-state index < -0.39 is 7.12 Å². The normalized spacial score (nSPS) is 23.9. The first kappa shape index (κ1) is 14.3. The fourth-order valence-electron chi connectivity index (χ4n) is 1.54. The molecular formula is C12H23BN2O2. The van der Waals surface area contributed by atoms with E-state index in [2.05, 4.69) is 4.99 Å². The molecule has 0 spiro atoms. The summed E-state index contributed by atoms with van der Waals surface area (Å²) in [4.78, 5) is 4.48. The van der Waals surface area contributed by atoms with Crippen molar-refractivity contribution in [3.8, 4) is 0 Å². The van der Waals surface area contributed by atoms with Crippen LogP contribution in [0, 0.1) is 0 Å². The first-order chi connectivity index (χ1) is 7.69. The Balaban J connectivity index is 2.95. The summed E-state index contributed by atoms with van der Waals surface area (Å²) in [7, 11) is -0.442. The van der Waals surface area contributed by atoms with E-state index in [0.717, 1.165) is 5.61 Å². The van der Waals surface area contributed by atoms with E-state index in [1.807, 2.05) is 41.5 Å². The highest BCUT2D eigenvalue weighted by molar-refractivity contribution is 6.84. The van der Waals surface area contributed by atoms with Crippen molar-refractivity contribution in [3.05, 3.63) is 12.3 Å². The Bertz CT molecular complexity index is 319. The van der Waals surface area contributed by atoms with Crippen molar-refractivity contribution in [3.63, 3.8) is 0 Å². The summed E-state index contributed by atoms with van der Waals surface area (Å²) in [6.07, 6.45) is 3.20. The summed E-state index contributed by atoms with van der Waals surface area (Å²) >= 11 is 0. The average molecular weight is 238 g/mol. The summed E-state index contributed by atoms with van der Waals surface area (Å²) < 4.78 is 11.8. The van der Waals surface area contributed by atoms with E-state index in [1.165, 1.54) is 6.20 Å². The lowest BCUT2D eigenvalue weighted by atomic mass is 9.81. The third-order valence-electron chi connectivity index (χ3n) is 3.17. The number of nitrogens with two attached hydrogens (primary N) is 1. The molecule has 1 aliphatic rings. The van der Waals surface area contributed by atoms with Gasteiger partial charge in [0.15, 0.2) is 0 Å². The third kappa shape index (κ3) is 3.10. The highest BCUT2D eigenvalue weighted by Gasteiger charge is 2.52. The second kappa shape index (κ2) is 4.82. The number of hydrogen-bond donors (Lipinski definition) is 1. The molecule has 0 aromatic rings. The molecule has 1 heterocycles. The summed E-state index contributed by atoms with van der Waals surface area (Å²) in [5.41, 5.74) is 5.47. The quantitative estimate of drug-likeness (QED) is 0.603. The Hall–Kier alpha value is -0.805. The van der Waals surface area contributed by atoms with Crippen LogP contribution in [0.2, 0.25) is 0 Å². The SMILES string of the molecule is CC(C)N=C(/C=C\N)B1OC(C)(C)C(C)(C)O1. The van der Waals surface area contributed by atoms with Gasteiger partial charge in [-0.15, -0.1) is 0 Å². The predicted molar refractivity (Wildman–Crippen MR) is 72.0 cm³/mol. The molecule has 2 N–H and O–H groups in total. The van der Waals surface area contributed by atoms with E-state index in [-0.39, 0.29) is 17.2 Å². The second-order valence-electron chi connectivity index (χ2n) is 5.60. The highest BCUT2D eigenvalue weighted by atomic mass is 16.7. The van der Waals surface area contributed by atoms with Crippen LogP contribution in [0.3, 0.4) is 0 Å². The summed E-state index contributed by atoms with van der Waals surface area (Å²) in [5.74, 6) is 0. The van der Waals surface area contributed by atoms with Crippen LogP contribution in [0.25, 0.3) is 0 Å². The Morgan fingerprint density at radius 1 is 1.18 bits per heavy atom. The highest BCUT2D eigenvalue weighted by Crippen LogP contribution is 2.37. The first-order valence-corrected chi connectivity index (χ1v) is 6.01. The first-order valence-electron chi connectivity index (χ1n) is 6.01. The monoisotopic (exact) mass is 238 g/mol. The Morgan fingerprint density at radius 3 is 2.00 bits per heavy atom. The number of hydrogen-bond acceptors (Lipinski definition) is 4. The molecule has 0 bridgehead atoms. The van der Waals surface area contributed by atoms with Crippen LogP contribution in [0.5, 0.6) is 0 Å². The molecule has 96 valence electrons. The van der Waals surface area contributed by atoms with Crippen LogP contribution in [0.1, 0.15) is 41.5 Å². The van der Waals surface area contributed by atoms with Crippen LogP contribution in [-0.2, 0) is 9.31 Å². The Kier molecular flexibility index (Phi) is 4.04. The zero-order valence-electron chi connectivity index (χ0n) is 11.7. The molecule has 17 heavy (non-hydrogen) atoms. The molecule has 0 saturated carbocycles.